The highest BCUT2D eigenvalue weighted by Gasteiger charge is 2.19. The lowest BCUT2D eigenvalue weighted by atomic mass is 10.1. The lowest BCUT2D eigenvalue weighted by Crippen LogP contribution is -2.30. The molecule has 0 aromatic rings. The number of carbonyl (C=O) groups excluding carboxylic acids is 3. The Bertz CT molecular complexity index is 1600. The van der Waals surface area contributed by atoms with Crippen LogP contribution in [-0.2, 0) is 28.6 Å². The minimum absolute atomic E-state index is 0.0972. The summed E-state index contributed by atoms with van der Waals surface area (Å²) in [5.74, 6) is -0.943. The van der Waals surface area contributed by atoms with Gasteiger partial charge in [0.25, 0.3) is 0 Å². The summed E-state index contributed by atoms with van der Waals surface area (Å²) in [5, 5.41) is 0. The monoisotopic (exact) mass is 1070 g/mol. The molecule has 1 unspecified atom stereocenters. The van der Waals surface area contributed by atoms with E-state index >= 15 is 0 Å². The summed E-state index contributed by atoms with van der Waals surface area (Å²) in [6.07, 6.45) is 89.2. The molecule has 0 aromatic heterocycles. The fourth-order valence-electron chi connectivity index (χ4n) is 8.69. The van der Waals surface area contributed by atoms with Crippen molar-refractivity contribution in [2.45, 2.75) is 297 Å². The average Bonchev–Trinajstić information content (AvgIpc) is 3.43. The molecule has 0 bridgehead atoms. The van der Waals surface area contributed by atoms with E-state index in [2.05, 4.69) is 142 Å². The van der Waals surface area contributed by atoms with Crippen molar-refractivity contribution in [1.82, 2.24) is 0 Å². The number of ether oxygens (including phenoxy) is 3. The van der Waals surface area contributed by atoms with E-state index < -0.39 is 6.10 Å². The lowest BCUT2D eigenvalue weighted by molar-refractivity contribution is -0.167. The van der Waals surface area contributed by atoms with Gasteiger partial charge in [-0.3, -0.25) is 14.4 Å². The van der Waals surface area contributed by atoms with Crippen molar-refractivity contribution in [3.05, 3.63) is 122 Å². The molecule has 0 radical (unpaired) electrons. The van der Waals surface area contributed by atoms with Crippen LogP contribution in [-0.4, -0.2) is 37.2 Å². The van der Waals surface area contributed by atoms with E-state index in [0.29, 0.717) is 19.3 Å². The third-order valence-electron chi connectivity index (χ3n) is 13.4. The standard InChI is InChI=1S/C71H118O6/c1-4-7-10-13-16-19-22-25-28-30-32-34-35-37-38-40-43-46-49-52-55-58-61-64-70(73)76-67-68(66-75-69(72)63-60-57-54-51-48-45-42-27-24-21-18-15-12-9-6-3)77-71(74)65-62-59-56-53-50-47-44-41-39-36-33-31-29-26-23-20-17-14-11-8-5-2/h7,9-10,12,16,18-19,21,23,25-28,31-34,42,48,51,68H,4-6,8,11,13-15,17,20,22,24,29-30,35-41,43-47,49-50,52-67H2,1-3H3/b10-7-,12-9-,19-16-,21-18-,26-23-,28-25-,33-31-,34-32-,42-27-,51-48-. The second-order valence-electron chi connectivity index (χ2n) is 20.9. The van der Waals surface area contributed by atoms with Crippen molar-refractivity contribution < 1.29 is 28.6 Å². The Labute approximate surface area is 475 Å². The molecule has 0 aliphatic rings. The van der Waals surface area contributed by atoms with Gasteiger partial charge in [0.05, 0.1) is 0 Å². The van der Waals surface area contributed by atoms with Crippen LogP contribution in [0, 0.1) is 0 Å². The Kier molecular flexibility index (Phi) is 60.8. The Morgan fingerprint density at radius 2 is 0.506 bits per heavy atom. The zero-order valence-electron chi connectivity index (χ0n) is 50.2. The molecule has 0 amide bonds. The third-order valence-corrected chi connectivity index (χ3v) is 13.4. The van der Waals surface area contributed by atoms with Gasteiger partial charge in [-0.1, -0.05) is 264 Å². The van der Waals surface area contributed by atoms with Gasteiger partial charge in [0.2, 0.25) is 0 Å². The number of rotatable bonds is 57. The third kappa shape index (κ3) is 62.5. The molecule has 0 spiro atoms. The van der Waals surface area contributed by atoms with Gasteiger partial charge in [0, 0.05) is 19.3 Å². The molecule has 0 fully saturated rings. The highest BCUT2D eigenvalue weighted by molar-refractivity contribution is 5.71. The van der Waals surface area contributed by atoms with Gasteiger partial charge in [0.15, 0.2) is 6.10 Å². The van der Waals surface area contributed by atoms with Gasteiger partial charge in [-0.05, 0) is 128 Å². The minimum atomic E-state index is -0.804. The maximum absolute atomic E-state index is 12.9. The first-order valence-corrected chi connectivity index (χ1v) is 32.0. The molecule has 0 heterocycles. The van der Waals surface area contributed by atoms with Crippen molar-refractivity contribution in [2.75, 3.05) is 13.2 Å². The fourth-order valence-corrected chi connectivity index (χ4v) is 8.69. The Hall–Kier alpha value is -4.19. The normalized spacial score (nSPS) is 12.9. The van der Waals surface area contributed by atoms with E-state index in [4.69, 9.17) is 14.2 Å². The van der Waals surface area contributed by atoms with Gasteiger partial charge in [-0.2, -0.15) is 0 Å². The number of esters is 3. The van der Waals surface area contributed by atoms with Crippen LogP contribution in [0.1, 0.15) is 290 Å². The molecule has 0 aliphatic carbocycles. The van der Waals surface area contributed by atoms with Crippen LogP contribution in [0.3, 0.4) is 0 Å². The Balaban J connectivity index is 4.42. The van der Waals surface area contributed by atoms with E-state index in [9.17, 15) is 14.4 Å². The highest BCUT2D eigenvalue weighted by atomic mass is 16.6. The molecular formula is C71H118O6. The molecule has 438 valence electrons. The molecule has 0 aromatic carbocycles. The van der Waals surface area contributed by atoms with Crippen LogP contribution >= 0.6 is 0 Å². The average molecular weight is 1070 g/mol. The highest BCUT2D eigenvalue weighted by Crippen LogP contribution is 2.15. The SMILES string of the molecule is CC/C=C\C/C=C\C/C=C\C/C=C\CCCCCCCCCCCCC(=O)OCC(COC(=O)CCCC/C=C\C/C=C\C/C=C\C/C=C\CC)OC(=O)CCCCCCCCCCC/C=C\C/C=C\CCCCCCC. The van der Waals surface area contributed by atoms with Crippen LogP contribution in [0.4, 0.5) is 0 Å². The van der Waals surface area contributed by atoms with Crippen LogP contribution in [0.25, 0.3) is 0 Å². The molecular weight excluding hydrogens is 949 g/mol. The zero-order chi connectivity index (χ0) is 55.7. The summed E-state index contributed by atoms with van der Waals surface area (Å²) in [5.41, 5.74) is 0. The molecule has 0 N–H and O–H groups in total. The first-order chi connectivity index (χ1) is 38.0. The predicted octanol–water partition coefficient (Wildman–Crippen LogP) is 22.0. The zero-order valence-corrected chi connectivity index (χ0v) is 50.2. The summed E-state index contributed by atoms with van der Waals surface area (Å²) in [7, 11) is 0. The predicted molar refractivity (Wildman–Crippen MR) is 334 cm³/mol. The van der Waals surface area contributed by atoms with E-state index in [0.717, 1.165) is 116 Å². The molecule has 0 aliphatic heterocycles. The minimum Gasteiger partial charge on any atom is -0.462 e. The maximum Gasteiger partial charge on any atom is 0.306 e. The van der Waals surface area contributed by atoms with Crippen LogP contribution in [0.15, 0.2) is 122 Å². The van der Waals surface area contributed by atoms with Crippen molar-refractivity contribution in [2.24, 2.45) is 0 Å². The topological polar surface area (TPSA) is 78.9 Å². The number of hydrogen-bond donors (Lipinski definition) is 0. The Morgan fingerprint density at radius 3 is 0.818 bits per heavy atom. The quantitative estimate of drug-likeness (QED) is 0.0261. The molecule has 0 saturated carbocycles. The van der Waals surface area contributed by atoms with E-state index in [-0.39, 0.29) is 31.1 Å². The van der Waals surface area contributed by atoms with Crippen LogP contribution < -0.4 is 0 Å². The number of carbonyl (C=O) groups is 3. The Morgan fingerprint density at radius 1 is 0.273 bits per heavy atom. The second kappa shape index (κ2) is 64.3. The van der Waals surface area contributed by atoms with Crippen LogP contribution in [0.5, 0.6) is 0 Å². The summed E-state index contributed by atoms with van der Waals surface area (Å²) < 4.78 is 16.9. The van der Waals surface area contributed by atoms with Crippen molar-refractivity contribution in [3.8, 4) is 0 Å². The molecule has 77 heavy (non-hydrogen) atoms. The second-order valence-corrected chi connectivity index (χ2v) is 20.9. The first kappa shape index (κ1) is 72.8. The van der Waals surface area contributed by atoms with Gasteiger partial charge in [-0.15, -0.1) is 0 Å². The van der Waals surface area contributed by atoms with Crippen LogP contribution in [0.2, 0.25) is 0 Å². The van der Waals surface area contributed by atoms with Crippen molar-refractivity contribution in [3.63, 3.8) is 0 Å². The summed E-state index contributed by atoms with van der Waals surface area (Å²) in [4.78, 5) is 38.3. The largest absolute Gasteiger partial charge is 0.462 e. The molecule has 0 rings (SSSR count). The molecule has 6 heteroatoms. The van der Waals surface area contributed by atoms with Gasteiger partial charge in [-0.25, -0.2) is 0 Å². The van der Waals surface area contributed by atoms with Gasteiger partial charge >= 0.3 is 17.9 Å². The molecule has 6 nitrogen and oxygen atoms in total. The summed E-state index contributed by atoms with van der Waals surface area (Å²) in [6, 6.07) is 0. The lowest BCUT2D eigenvalue weighted by Gasteiger charge is -2.18. The fraction of sp³-hybridized carbons (Fsp3) is 0.676. The van der Waals surface area contributed by atoms with E-state index in [1.807, 2.05) is 0 Å². The summed E-state index contributed by atoms with van der Waals surface area (Å²) in [6.45, 7) is 6.38. The summed E-state index contributed by atoms with van der Waals surface area (Å²) >= 11 is 0. The van der Waals surface area contributed by atoms with Crippen molar-refractivity contribution >= 4 is 17.9 Å². The van der Waals surface area contributed by atoms with E-state index in [1.165, 1.54) is 135 Å². The van der Waals surface area contributed by atoms with Gasteiger partial charge < -0.3 is 14.2 Å². The number of hydrogen-bond acceptors (Lipinski definition) is 6. The first-order valence-electron chi connectivity index (χ1n) is 32.0. The molecule has 0 saturated heterocycles. The number of unbranched alkanes of at least 4 members (excludes halogenated alkanes) is 26. The van der Waals surface area contributed by atoms with Crippen molar-refractivity contribution in [1.29, 1.82) is 0 Å². The van der Waals surface area contributed by atoms with E-state index in [1.54, 1.807) is 0 Å². The smallest absolute Gasteiger partial charge is 0.306 e. The molecule has 1 atom stereocenters. The number of allylic oxidation sites excluding steroid dienone is 20. The van der Waals surface area contributed by atoms with Gasteiger partial charge in [0.1, 0.15) is 13.2 Å². The maximum atomic E-state index is 12.9.